The lowest BCUT2D eigenvalue weighted by molar-refractivity contribution is 0.0190. The number of rotatable bonds is 6. The van der Waals surface area contributed by atoms with Crippen molar-refractivity contribution < 1.29 is 13.6 Å². The van der Waals surface area contributed by atoms with Crippen molar-refractivity contribution in [2.24, 2.45) is 23.2 Å². The molecular weight excluding hydrogens is 295 g/mol. The molecule has 0 spiro atoms. The maximum absolute atomic E-state index is 5.93. The number of hydrogen-bond donors (Lipinski definition) is 0. The van der Waals surface area contributed by atoms with E-state index in [0.29, 0.717) is 11.5 Å². The van der Waals surface area contributed by atoms with Crippen LogP contribution in [0.4, 0.5) is 0 Å². The zero-order valence-electron chi connectivity index (χ0n) is 15.1. The van der Waals surface area contributed by atoms with Gasteiger partial charge in [0, 0.05) is 14.2 Å². The topological polar surface area (TPSA) is 27.7 Å². The van der Waals surface area contributed by atoms with E-state index in [1.165, 1.54) is 38.5 Å². The first-order valence-corrected chi connectivity index (χ1v) is 10.1. The molecule has 0 radical (unpaired) electrons. The molecule has 0 aromatic heterocycles. The van der Waals surface area contributed by atoms with Crippen LogP contribution in [-0.4, -0.2) is 20.3 Å². The molecule has 2 saturated carbocycles. The second-order valence-corrected chi connectivity index (χ2v) is 9.33. The summed E-state index contributed by atoms with van der Waals surface area (Å²) >= 11 is 0. The Labute approximate surface area is 138 Å². The van der Waals surface area contributed by atoms with Gasteiger partial charge in [-0.3, -0.25) is 0 Å². The van der Waals surface area contributed by atoms with E-state index >= 15 is 0 Å². The molecule has 0 amide bonds. The molecule has 0 atom stereocenters. The molecule has 0 aromatic rings. The summed E-state index contributed by atoms with van der Waals surface area (Å²) < 4.78 is 16.4. The van der Waals surface area contributed by atoms with E-state index in [9.17, 15) is 0 Å². The van der Waals surface area contributed by atoms with Crippen LogP contribution in [0.5, 0.6) is 0 Å². The van der Waals surface area contributed by atoms with Crippen LogP contribution in [-0.2, 0) is 13.6 Å². The number of hydrogen-bond acceptors (Lipinski definition) is 3. The highest BCUT2D eigenvalue weighted by Crippen LogP contribution is 2.50. The van der Waals surface area contributed by atoms with Crippen molar-refractivity contribution in [2.45, 2.75) is 78.2 Å². The first-order chi connectivity index (χ1) is 10.5. The average Bonchev–Trinajstić information content (AvgIpc) is 2.53. The van der Waals surface area contributed by atoms with Crippen molar-refractivity contribution in [1.82, 2.24) is 0 Å². The Bertz CT molecular complexity index is 314. The average molecular weight is 330 g/mol. The van der Waals surface area contributed by atoms with Crippen molar-refractivity contribution in [3.05, 3.63) is 0 Å². The van der Waals surface area contributed by atoms with E-state index in [2.05, 4.69) is 20.8 Å². The van der Waals surface area contributed by atoms with Gasteiger partial charge in [-0.2, -0.15) is 0 Å². The van der Waals surface area contributed by atoms with Crippen molar-refractivity contribution in [2.75, 3.05) is 14.2 Å². The summed E-state index contributed by atoms with van der Waals surface area (Å²) in [6.07, 6.45) is 10.9. The Balaban J connectivity index is 1.82. The highest BCUT2D eigenvalue weighted by atomic mass is 31.2. The van der Waals surface area contributed by atoms with Gasteiger partial charge in [-0.25, -0.2) is 0 Å². The van der Waals surface area contributed by atoms with Gasteiger partial charge in [0.2, 0.25) is 0 Å². The van der Waals surface area contributed by atoms with Gasteiger partial charge >= 0.3 is 8.60 Å². The quantitative estimate of drug-likeness (QED) is 0.565. The van der Waals surface area contributed by atoms with Crippen LogP contribution < -0.4 is 0 Å². The van der Waals surface area contributed by atoms with Gasteiger partial charge in [-0.1, -0.05) is 33.6 Å². The Morgan fingerprint density at radius 3 is 1.68 bits per heavy atom. The van der Waals surface area contributed by atoms with E-state index in [-0.39, 0.29) is 0 Å². The van der Waals surface area contributed by atoms with E-state index in [4.69, 9.17) is 13.6 Å². The Kier molecular flexibility index (Phi) is 7.14. The molecule has 22 heavy (non-hydrogen) atoms. The Morgan fingerprint density at radius 2 is 1.23 bits per heavy atom. The highest BCUT2D eigenvalue weighted by molar-refractivity contribution is 7.41. The maximum atomic E-state index is 5.93. The zero-order valence-corrected chi connectivity index (χ0v) is 16.0. The van der Waals surface area contributed by atoms with E-state index in [0.717, 1.165) is 30.6 Å². The van der Waals surface area contributed by atoms with Crippen LogP contribution in [0.1, 0.15) is 72.1 Å². The predicted molar refractivity (Wildman–Crippen MR) is 92.7 cm³/mol. The van der Waals surface area contributed by atoms with Gasteiger partial charge in [0.1, 0.15) is 0 Å². The molecule has 2 aliphatic carbocycles. The molecule has 3 nitrogen and oxygen atoms in total. The Hall–Kier alpha value is 0.310. The van der Waals surface area contributed by atoms with E-state index in [1.807, 2.05) is 0 Å². The molecule has 0 N–H and O–H groups in total. The predicted octanol–water partition coefficient (Wildman–Crippen LogP) is 5.93. The molecule has 0 saturated heterocycles. The lowest BCUT2D eigenvalue weighted by Gasteiger charge is -2.46. The molecule has 0 heterocycles. The molecule has 2 rings (SSSR count). The molecular formula is C18H35O3P. The van der Waals surface area contributed by atoms with Crippen LogP contribution in [0.15, 0.2) is 0 Å². The zero-order chi connectivity index (χ0) is 16.2. The van der Waals surface area contributed by atoms with Crippen LogP contribution in [0.3, 0.4) is 0 Å². The summed E-state index contributed by atoms with van der Waals surface area (Å²) in [5.41, 5.74) is 0.484. The summed E-state index contributed by atoms with van der Waals surface area (Å²) in [5, 5.41) is 0. The summed E-state index contributed by atoms with van der Waals surface area (Å²) in [6.45, 7) is 7.46. The fourth-order valence-electron chi connectivity index (χ4n) is 4.53. The molecule has 0 aromatic carbocycles. The van der Waals surface area contributed by atoms with Gasteiger partial charge in [0.05, 0.1) is 6.10 Å². The second-order valence-electron chi connectivity index (χ2n) is 7.95. The third-order valence-corrected chi connectivity index (χ3v) is 7.39. The normalized spacial score (nSPS) is 34.1. The summed E-state index contributed by atoms with van der Waals surface area (Å²) in [4.78, 5) is 0. The third kappa shape index (κ3) is 4.66. The molecule has 0 aliphatic heterocycles. The lowest BCUT2D eigenvalue weighted by atomic mass is 9.60. The van der Waals surface area contributed by atoms with Gasteiger partial charge in [0.15, 0.2) is 0 Å². The van der Waals surface area contributed by atoms with Crippen LogP contribution in [0, 0.1) is 23.2 Å². The molecule has 0 unspecified atom stereocenters. The molecule has 0 bridgehead atoms. The Morgan fingerprint density at radius 1 is 0.773 bits per heavy atom. The molecule has 4 heteroatoms. The maximum Gasteiger partial charge on any atom is 0.332 e. The largest absolute Gasteiger partial charge is 0.332 e. The SMILES string of the molecule is COP(OC)OC1CCC(C(C)(C)C2CCC(C)CC2)CC1. The fraction of sp³-hybridized carbons (Fsp3) is 1.00. The first kappa shape index (κ1) is 18.6. The minimum absolute atomic E-state index is 0.324. The highest BCUT2D eigenvalue weighted by Gasteiger charge is 2.40. The van der Waals surface area contributed by atoms with E-state index < -0.39 is 8.60 Å². The summed E-state index contributed by atoms with van der Waals surface area (Å²) in [7, 11) is 2.18. The van der Waals surface area contributed by atoms with Crippen LogP contribution in [0.2, 0.25) is 0 Å². The van der Waals surface area contributed by atoms with Gasteiger partial charge in [-0.05, 0) is 61.7 Å². The lowest BCUT2D eigenvalue weighted by Crippen LogP contribution is -2.37. The summed E-state index contributed by atoms with van der Waals surface area (Å²) in [6, 6.07) is 0. The van der Waals surface area contributed by atoms with Crippen molar-refractivity contribution in [3.63, 3.8) is 0 Å². The van der Waals surface area contributed by atoms with Crippen LogP contribution in [0.25, 0.3) is 0 Å². The molecule has 2 aliphatic rings. The first-order valence-electron chi connectivity index (χ1n) is 9.02. The smallest absolute Gasteiger partial charge is 0.316 e. The summed E-state index contributed by atoms with van der Waals surface area (Å²) in [5.74, 6) is 2.71. The third-order valence-electron chi connectivity index (χ3n) is 6.33. The minimum Gasteiger partial charge on any atom is -0.316 e. The van der Waals surface area contributed by atoms with Gasteiger partial charge in [-0.15, -0.1) is 0 Å². The van der Waals surface area contributed by atoms with Gasteiger partial charge in [0.25, 0.3) is 0 Å². The van der Waals surface area contributed by atoms with Crippen molar-refractivity contribution in [1.29, 1.82) is 0 Å². The molecule has 2 fully saturated rings. The monoisotopic (exact) mass is 330 g/mol. The second kappa shape index (κ2) is 8.42. The van der Waals surface area contributed by atoms with Crippen molar-refractivity contribution >= 4 is 8.60 Å². The molecule has 130 valence electrons. The standard InChI is InChI=1S/C18H35O3P/c1-14-6-8-15(9-7-14)18(2,3)16-10-12-17(13-11-16)21-22(19-4)20-5/h14-17H,6-13H2,1-5H3. The minimum atomic E-state index is -1.14. The van der Waals surface area contributed by atoms with Crippen molar-refractivity contribution in [3.8, 4) is 0 Å². The fourth-order valence-corrected chi connectivity index (χ4v) is 5.31. The van der Waals surface area contributed by atoms with Crippen LogP contribution >= 0.6 is 8.60 Å². The van der Waals surface area contributed by atoms with Gasteiger partial charge < -0.3 is 13.6 Å². The van der Waals surface area contributed by atoms with E-state index in [1.54, 1.807) is 14.2 Å².